The average Bonchev–Trinajstić information content (AvgIpc) is 2.90. The predicted molar refractivity (Wildman–Crippen MR) is 75.5 cm³/mol. The van der Waals surface area contributed by atoms with Crippen molar-refractivity contribution < 1.29 is 9.90 Å². The van der Waals surface area contributed by atoms with Gasteiger partial charge in [0.15, 0.2) is 0 Å². The second-order valence-electron chi connectivity index (χ2n) is 5.53. The zero-order valence-electron chi connectivity index (χ0n) is 11.9. The van der Waals surface area contributed by atoms with Gasteiger partial charge in [-0.2, -0.15) is 5.26 Å². The minimum atomic E-state index is -0.854. The summed E-state index contributed by atoms with van der Waals surface area (Å²) >= 11 is 0. The summed E-state index contributed by atoms with van der Waals surface area (Å²) in [7, 11) is 0. The van der Waals surface area contributed by atoms with Gasteiger partial charge in [-0.15, -0.1) is 0 Å². The number of aliphatic carboxylic acids is 1. The van der Waals surface area contributed by atoms with Gasteiger partial charge < -0.3 is 10.4 Å². The Morgan fingerprint density at radius 3 is 2.95 bits per heavy atom. The number of nitrogens with one attached hydrogen (secondary N) is 1. The monoisotopic (exact) mass is 273 g/mol. The Kier molecular flexibility index (Phi) is 3.93. The van der Waals surface area contributed by atoms with Crippen LogP contribution in [0.25, 0.3) is 0 Å². The molecule has 20 heavy (non-hydrogen) atoms. The van der Waals surface area contributed by atoms with Gasteiger partial charge in [-0.25, -0.2) is 4.98 Å². The summed E-state index contributed by atoms with van der Waals surface area (Å²) in [5.41, 5.74) is 1.81. The minimum Gasteiger partial charge on any atom is -0.481 e. The van der Waals surface area contributed by atoms with Crippen LogP contribution in [0.4, 0.5) is 5.82 Å². The van der Waals surface area contributed by atoms with Gasteiger partial charge in [0.2, 0.25) is 0 Å². The highest BCUT2D eigenvalue weighted by molar-refractivity contribution is 5.75. The van der Waals surface area contributed by atoms with Crippen LogP contribution in [0.3, 0.4) is 0 Å². The number of anilines is 1. The average molecular weight is 273 g/mol. The number of aryl methyl sites for hydroxylation is 2. The Morgan fingerprint density at radius 2 is 2.35 bits per heavy atom. The van der Waals surface area contributed by atoms with E-state index in [4.69, 9.17) is 0 Å². The van der Waals surface area contributed by atoms with E-state index in [-0.39, 0.29) is 6.54 Å². The number of carboxylic acids is 1. The van der Waals surface area contributed by atoms with Gasteiger partial charge in [0.05, 0.1) is 11.0 Å². The van der Waals surface area contributed by atoms with E-state index in [9.17, 15) is 15.2 Å². The highest BCUT2D eigenvalue weighted by Crippen LogP contribution is 2.27. The summed E-state index contributed by atoms with van der Waals surface area (Å²) in [6.07, 6.45) is 3.49. The van der Waals surface area contributed by atoms with Gasteiger partial charge in [-0.1, -0.05) is 6.92 Å². The van der Waals surface area contributed by atoms with Crippen molar-refractivity contribution >= 4 is 11.8 Å². The molecule has 0 amide bonds. The van der Waals surface area contributed by atoms with E-state index in [1.54, 1.807) is 6.92 Å². The number of nitrogens with zero attached hydrogens (tertiary/aromatic N) is 2. The van der Waals surface area contributed by atoms with Crippen LogP contribution in [0.1, 0.15) is 43.5 Å². The maximum Gasteiger partial charge on any atom is 0.311 e. The summed E-state index contributed by atoms with van der Waals surface area (Å²) in [5.74, 6) is -0.332. The Bertz CT molecular complexity index is 577. The summed E-state index contributed by atoms with van der Waals surface area (Å²) < 4.78 is 0. The van der Waals surface area contributed by atoms with Gasteiger partial charge >= 0.3 is 5.97 Å². The molecule has 106 valence electrons. The standard InChI is InChI=1S/C15H19N3O2/c1-3-15(2,14(19)20)9-17-13-11(8-16)7-10-5-4-6-12(10)18-13/h7H,3-6,9H2,1-2H3,(H,17,18)(H,19,20). The maximum atomic E-state index is 11.3. The van der Waals surface area contributed by atoms with Crippen LogP contribution in [0.5, 0.6) is 0 Å². The molecule has 0 fully saturated rings. The minimum absolute atomic E-state index is 0.263. The first-order chi connectivity index (χ1) is 9.50. The van der Waals surface area contributed by atoms with Crippen LogP contribution >= 0.6 is 0 Å². The van der Waals surface area contributed by atoms with Gasteiger partial charge in [-0.05, 0) is 44.2 Å². The molecule has 0 spiro atoms. The van der Waals surface area contributed by atoms with E-state index in [1.165, 1.54) is 0 Å². The van der Waals surface area contributed by atoms with Crippen molar-refractivity contribution in [3.63, 3.8) is 0 Å². The Balaban J connectivity index is 2.22. The maximum absolute atomic E-state index is 11.3. The van der Waals surface area contributed by atoms with Crippen LogP contribution in [0, 0.1) is 16.7 Å². The molecule has 1 atom stereocenters. The van der Waals surface area contributed by atoms with Gasteiger partial charge in [0.25, 0.3) is 0 Å². The van der Waals surface area contributed by atoms with Crippen LogP contribution in [-0.4, -0.2) is 22.6 Å². The van der Waals surface area contributed by atoms with Crippen molar-refractivity contribution in [1.29, 1.82) is 5.26 Å². The zero-order chi connectivity index (χ0) is 14.8. The summed E-state index contributed by atoms with van der Waals surface area (Å²) in [5, 5.41) is 21.5. The van der Waals surface area contributed by atoms with E-state index >= 15 is 0 Å². The topological polar surface area (TPSA) is 86.0 Å². The molecule has 1 aromatic rings. The number of nitriles is 1. The second kappa shape index (κ2) is 5.49. The fourth-order valence-electron chi connectivity index (χ4n) is 2.32. The normalized spacial score (nSPS) is 16.1. The van der Waals surface area contributed by atoms with E-state index in [0.29, 0.717) is 17.8 Å². The van der Waals surface area contributed by atoms with Gasteiger partial charge in [0.1, 0.15) is 11.9 Å². The third-order valence-electron chi connectivity index (χ3n) is 4.11. The van der Waals surface area contributed by atoms with Crippen molar-refractivity contribution in [3.05, 3.63) is 22.9 Å². The predicted octanol–water partition coefficient (Wildman–Crippen LogP) is 2.35. The highest BCUT2D eigenvalue weighted by atomic mass is 16.4. The Labute approximate surface area is 118 Å². The SMILES string of the molecule is CCC(C)(CNc1nc2c(cc1C#N)CCC2)C(=O)O. The first-order valence-corrected chi connectivity index (χ1v) is 6.90. The molecule has 0 bridgehead atoms. The quantitative estimate of drug-likeness (QED) is 0.860. The number of carboxylic acid groups (broad SMARTS) is 1. The lowest BCUT2D eigenvalue weighted by molar-refractivity contribution is -0.147. The van der Waals surface area contributed by atoms with E-state index in [1.807, 2.05) is 13.0 Å². The van der Waals surface area contributed by atoms with Crippen LogP contribution in [0.15, 0.2) is 6.07 Å². The molecule has 0 radical (unpaired) electrons. The second-order valence-corrected chi connectivity index (χ2v) is 5.53. The highest BCUT2D eigenvalue weighted by Gasteiger charge is 2.31. The molecule has 0 aliphatic heterocycles. The van der Waals surface area contributed by atoms with Crippen molar-refractivity contribution in [2.75, 3.05) is 11.9 Å². The molecule has 1 heterocycles. The zero-order valence-corrected chi connectivity index (χ0v) is 11.9. The number of hydrogen-bond donors (Lipinski definition) is 2. The van der Waals surface area contributed by atoms with Crippen molar-refractivity contribution in [2.24, 2.45) is 5.41 Å². The van der Waals surface area contributed by atoms with E-state index in [2.05, 4.69) is 16.4 Å². The number of fused-ring (bicyclic) bond motifs is 1. The van der Waals surface area contributed by atoms with Crippen LogP contribution in [-0.2, 0) is 17.6 Å². The van der Waals surface area contributed by atoms with Crippen molar-refractivity contribution in [1.82, 2.24) is 4.98 Å². The molecule has 1 aliphatic rings. The number of carbonyl (C=O) groups is 1. The van der Waals surface area contributed by atoms with E-state index < -0.39 is 11.4 Å². The summed E-state index contributed by atoms with van der Waals surface area (Å²) in [6.45, 7) is 3.80. The number of rotatable bonds is 5. The molecular weight excluding hydrogens is 254 g/mol. The molecule has 5 heteroatoms. The Morgan fingerprint density at radius 1 is 1.60 bits per heavy atom. The number of aromatic nitrogens is 1. The van der Waals surface area contributed by atoms with Crippen LogP contribution < -0.4 is 5.32 Å². The molecule has 1 aromatic heterocycles. The lowest BCUT2D eigenvalue weighted by atomic mass is 9.87. The molecule has 0 saturated heterocycles. The molecule has 0 saturated carbocycles. The van der Waals surface area contributed by atoms with Crippen LogP contribution in [0.2, 0.25) is 0 Å². The third-order valence-corrected chi connectivity index (χ3v) is 4.11. The summed E-state index contributed by atoms with van der Waals surface area (Å²) in [6, 6.07) is 4.01. The molecule has 1 aliphatic carbocycles. The molecular formula is C15H19N3O2. The molecule has 0 aromatic carbocycles. The first-order valence-electron chi connectivity index (χ1n) is 6.90. The first kappa shape index (κ1) is 14.3. The smallest absolute Gasteiger partial charge is 0.311 e. The largest absolute Gasteiger partial charge is 0.481 e. The fourth-order valence-corrected chi connectivity index (χ4v) is 2.32. The van der Waals surface area contributed by atoms with Gasteiger partial charge in [-0.3, -0.25) is 4.79 Å². The molecule has 1 unspecified atom stereocenters. The van der Waals surface area contributed by atoms with Crippen molar-refractivity contribution in [3.8, 4) is 6.07 Å². The summed E-state index contributed by atoms with van der Waals surface area (Å²) in [4.78, 5) is 15.8. The lowest BCUT2D eigenvalue weighted by Crippen LogP contribution is -2.34. The molecule has 2 N–H and O–H groups in total. The number of pyridine rings is 1. The third kappa shape index (κ3) is 2.60. The Hall–Kier alpha value is -2.09. The van der Waals surface area contributed by atoms with E-state index in [0.717, 1.165) is 30.5 Å². The lowest BCUT2D eigenvalue weighted by Gasteiger charge is -2.24. The fraction of sp³-hybridized carbons (Fsp3) is 0.533. The number of hydrogen-bond acceptors (Lipinski definition) is 4. The van der Waals surface area contributed by atoms with Gasteiger partial charge in [0, 0.05) is 12.2 Å². The molecule has 5 nitrogen and oxygen atoms in total. The molecule has 2 rings (SSSR count). The van der Waals surface area contributed by atoms with Crippen molar-refractivity contribution in [2.45, 2.75) is 39.5 Å².